The molecule has 1 fully saturated rings. The number of hydrogen-bond donors (Lipinski definition) is 1. The smallest absolute Gasteiger partial charge is 0.344 e. The first kappa shape index (κ1) is 16.6. The van der Waals surface area contributed by atoms with Crippen molar-refractivity contribution >= 4 is 23.5 Å². The number of carbonyl (C=O) groups is 2. The number of amides is 1. The Morgan fingerprint density at radius 2 is 2.14 bits per heavy atom. The maximum atomic E-state index is 11.5. The van der Waals surface area contributed by atoms with Gasteiger partial charge in [-0.3, -0.25) is 4.79 Å². The largest absolute Gasteiger partial charge is 0.480 e. The van der Waals surface area contributed by atoms with Gasteiger partial charge in [0.1, 0.15) is 5.75 Å². The normalized spacial score (nSPS) is 17.0. The van der Waals surface area contributed by atoms with Crippen LogP contribution in [0.5, 0.6) is 5.75 Å². The molecule has 0 spiro atoms. The average molecular weight is 328 g/mol. The van der Waals surface area contributed by atoms with Gasteiger partial charge in [-0.05, 0) is 25.0 Å². The molecule has 6 nitrogen and oxygen atoms in total. The molecule has 0 radical (unpaired) electrons. The maximum Gasteiger partial charge on any atom is 0.344 e. The summed E-state index contributed by atoms with van der Waals surface area (Å²) in [5.74, 6) is -0.599. The first-order valence-corrected chi connectivity index (χ1v) is 7.44. The van der Waals surface area contributed by atoms with Crippen LogP contribution in [0.25, 0.3) is 0 Å². The second kappa shape index (κ2) is 8.60. The van der Waals surface area contributed by atoms with Gasteiger partial charge in [0.05, 0.1) is 11.1 Å². The average Bonchev–Trinajstić information content (AvgIpc) is 3.03. The summed E-state index contributed by atoms with van der Waals surface area (Å²) >= 11 is 5.89. The predicted molar refractivity (Wildman–Crippen MR) is 79.9 cm³/mol. The van der Waals surface area contributed by atoms with E-state index >= 15 is 0 Å². The fraction of sp³-hybridized carbons (Fsp3) is 0.467. The molecule has 0 unspecified atom stereocenters. The lowest BCUT2D eigenvalue weighted by Crippen LogP contribution is -2.35. The van der Waals surface area contributed by atoms with Crippen LogP contribution in [0.4, 0.5) is 0 Å². The molecule has 1 N–H and O–H groups in total. The second-order valence-corrected chi connectivity index (χ2v) is 5.23. The van der Waals surface area contributed by atoms with Crippen LogP contribution in [0.3, 0.4) is 0 Å². The zero-order valence-electron chi connectivity index (χ0n) is 12.0. The molecule has 1 saturated heterocycles. The van der Waals surface area contributed by atoms with Crippen molar-refractivity contribution in [1.29, 1.82) is 0 Å². The Labute approximate surface area is 133 Å². The standard InChI is InChI=1S/C15H18ClNO5/c16-12-5-1-2-6-13(12)21-10-15(19)22-9-14(18)17-8-11-4-3-7-20-11/h1-2,5-6,11H,3-4,7-10H2,(H,17,18)/t11-/m0/s1. The van der Waals surface area contributed by atoms with Crippen LogP contribution in [0.2, 0.25) is 5.02 Å². The highest BCUT2D eigenvalue weighted by atomic mass is 35.5. The van der Waals surface area contributed by atoms with Crippen LogP contribution >= 0.6 is 11.6 Å². The quantitative estimate of drug-likeness (QED) is 0.769. The van der Waals surface area contributed by atoms with Crippen molar-refractivity contribution in [2.45, 2.75) is 18.9 Å². The van der Waals surface area contributed by atoms with Crippen LogP contribution in [-0.4, -0.2) is 44.3 Å². The van der Waals surface area contributed by atoms with Gasteiger partial charge in [-0.1, -0.05) is 23.7 Å². The Morgan fingerprint density at radius 3 is 2.86 bits per heavy atom. The lowest BCUT2D eigenvalue weighted by molar-refractivity contribution is -0.150. The molecule has 0 aliphatic carbocycles. The van der Waals surface area contributed by atoms with Crippen LogP contribution in [-0.2, 0) is 19.1 Å². The highest BCUT2D eigenvalue weighted by Gasteiger charge is 2.16. The molecule has 7 heteroatoms. The molecule has 1 amide bonds. The molecule has 22 heavy (non-hydrogen) atoms. The molecule has 0 saturated carbocycles. The topological polar surface area (TPSA) is 73.9 Å². The molecular weight excluding hydrogens is 310 g/mol. The van der Waals surface area contributed by atoms with E-state index in [-0.39, 0.29) is 25.2 Å². The number of halogens is 1. The number of benzene rings is 1. The van der Waals surface area contributed by atoms with Gasteiger partial charge in [-0.15, -0.1) is 0 Å². The summed E-state index contributed by atoms with van der Waals surface area (Å²) < 4.78 is 15.4. The number of para-hydroxylation sites is 1. The molecule has 1 aliphatic heterocycles. The summed E-state index contributed by atoms with van der Waals surface area (Å²) in [4.78, 5) is 23.0. The number of esters is 1. The lowest BCUT2D eigenvalue weighted by atomic mass is 10.2. The summed E-state index contributed by atoms with van der Waals surface area (Å²) in [6.07, 6.45) is 2.00. The highest BCUT2D eigenvalue weighted by molar-refractivity contribution is 6.32. The summed E-state index contributed by atoms with van der Waals surface area (Å²) in [7, 11) is 0. The third-order valence-electron chi connectivity index (χ3n) is 3.10. The van der Waals surface area contributed by atoms with Gasteiger partial charge >= 0.3 is 5.97 Å². The number of nitrogens with one attached hydrogen (secondary N) is 1. The van der Waals surface area contributed by atoms with E-state index in [1.165, 1.54) is 0 Å². The van der Waals surface area contributed by atoms with Crippen molar-refractivity contribution in [3.8, 4) is 5.75 Å². The Bertz CT molecular complexity index is 516. The zero-order chi connectivity index (χ0) is 15.8. The summed E-state index contributed by atoms with van der Waals surface area (Å²) in [6, 6.07) is 6.79. The minimum atomic E-state index is -0.632. The minimum Gasteiger partial charge on any atom is -0.480 e. The van der Waals surface area contributed by atoms with Crippen molar-refractivity contribution in [1.82, 2.24) is 5.32 Å². The van der Waals surface area contributed by atoms with Gasteiger partial charge in [-0.2, -0.15) is 0 Å². The highest BCUT2D eigenvalue weighted by Crippen LogP contribution is 2.22. The molecule has 0 aromatic heterocycles. The Kier molecular flexibility index (Phi) is 6.48. The minimum absolute atomic E-state index is 0.0585. The fourth-order valence-corrected chi connectivity index (χ4v) is 2.16. The van der Waals surface area contributed by atoms with E-state index in [4.69, 9.17) is 25.8 Å². The van der Waals surface area contributed by atoms with Crippen molar-refractivity contribution < 1.29 is 23.8 Å². The van der Waals surface area contributed by atoms with E-state index in [2.05, 4.69) is 5.32 Å². The van der Waals surface area contributed by atoms with E-state index in [0.29, 0.717) is 17.3 Å². The Hall–Kier alpha value is -1.79. The number of hydrogen-bond acceptors (Lipinski definition) is 5. The second-order valence-electron chi connectivity index (χ2n) is 4.82. The summed E-state index contributed by atoms with van der Waals surface area (Å²) in [5, 5.41) is 3.07. The molecule has 0 bridgehead atoms. The third kappa shape index (κ3) is 5.54. The third-order valence-corrected chi connectivity index (χ3v) is 3.41. The van der Waals surface area contributed by atoms with Crippen LogP contribution in [0.15, 0.2) is 24.3 Å². The summed E-state index contributed by atoms with van der Waals surface area (Å²) in [5.41, 5.74) is 0. The van der Waals surface area contributed by atoms with Crippen LogP contribution in [0, 0.1) is 0 Å². The SMILES string of the molecule is O=C(COC(=O)COc1ccccc1Cl)NC[C@@H]1CCCO1. The van der Waals surface area contributed by atoms with Crippen molar-refractivity contribution in [2.24, 2.45) is 0 Å². The van der Waals surface area contributed by atoms with Gasteiger partial charge < -0.3 is 19.5 Å². The number of carbonyl (C=O) groups excluding carboxylic acids is 2. The van der Waals surface area contributed by atoms with E-state index in [1.807, 2.05) is 0 Å². The zero-order valence-corrected chi connectivity index (χ0v) is 12.8. The van der Waals surface area contributed by atoms with Gasteiger partial charge in [-0.25, -0.2) is 4.79 Å². The Balaban J connectivity index is 1.60. The molecule has 1 aromatic carbocycles. The molecule has 1 aliphatic rings. The van der Waals surface area contributed by atoms with Gasteiger partial charge in [0.25, 0.3) is 5.91 Å². The molecule has 1 atom stereocenters. The molecular formula is C15H18ClNO5. The van der Waals surface area contributed by atoms with Crippen molar-refractivity contribution in [3.05, 3.63) is 29.3 Å². The lowest BCUT2D eigenvalue weighted by Gasteiger charge is -2.11. The van der Waals surface area contributed by atoms with Crippen LogP contribution < -0.4 is 10.1 Å². The number of ether oxygens (including phenoxy) is 3. The van der Waals surface area contributed by atoms with Gasteiger partial charge in [0.2, 0.25) is 0 Å². The van der Waals surface area contributed by atoms with Gasteiger partial charge in [0, 0.05) is 13.2 Å². The molecule has 120 valence electrons. The summed E-state index contributed by atoms with van der Waals surface area (Å²) in [6.45, 7) is 0.529. The van der Waals surface area contributed by atoms with E-state index in [9.17, 15) is 9.59 Å². The van der Waals surface area contributed by atoms with E-state index < -0.39 is 5.97 Å². The Morgan fingerprint density at radius 1 is 1.32 bits per heavy atom. The molecule has 1 heterocycles. The van der Waals surface area contributed by atoms with Gasteiger partial charge in [0.15, 0.2) is 13.2 Å². The first-order chi connectivity index (χ1) is 10.6. The van der Waals surface area contributed by atoms with Crippen molar-refractivity contribution in [3.63, 3.8) is 0 Å². The van der Waals surface area contributed by atoms with E-state index in [0.717, 1.165) is 19.4 Å². The number of rotatable bonds is 7. The van der Waals surface area contributed by atoms with Crippen molar-refractivity contribution in [2.75, 3.05) is 26.4 Å². The van der Waals surface area contributed by atoms with E-state index in [1.54, 1.807) is 24.3 Å². The van der Waals surface area contributed by atoms with Crippen LogP contribution in [0.1, 0.15) is 12.8 Å². The first-order valence-electron chi connectivity index (χ1n) is 7.06. The molecule has 2 rings (SSSR count). The molecule has 1 aromatic rings. The monoisotopic (exact) mass is 327 g/mol. The maximum absolute atomic E-state index is 11.5. The predicted octanol–water partition coefficient (Wildman–Crippen LogP) is 1.56. The fourth-order valence-electron chi connectivity index (χ4n) is 1.97.